The molecule has 8 heteroatoms. The molecule has 0 aromatic carbocycles. The number of hydrogen-bond acceptors (Lipinski definition) is 5. The lowest BCUT2D eigenvalue weighted by atomic mass is 9.39. The summed E-state index contributed by atoms with van der Waals surface area (Å²) in [6, 6.07) is 0. The average molecular weight is 327 g/mol. The summed E-state index contributed by atoms with van der Waals surface area (Å²) in [6.45, 7) is 1.85. The highest BCUT2D eigenvalue weighted by Gasteiger charge is 2.74. The molecule has 2 heterocycles. The summed E-state index contributed by atoms with van der Waals surface area (Å²) in [7, 11) is 1.44. The van der Waals surface area contributed by atoms with Crippen LogP contribution in [0.15, 0.2) is 12.4 Å². The van der Waals surface area contributed by atoms with Crippen molar-refractivity contribution in [2.75, 3.05) is 31.6 Å². The second kappa shape index (κ2) is 4.96. The molecule has 3 aliphatic carbocycles. The summed E-state index contributed by atoms with van der Waals surface area (Å²) < 4.78 is 6.79. The minimum absolute atomic E-state index is 0. The van der Waals surface area contributed by atoms with Crippen molar-refractivity contribution in [2.45, 2.75) is 24.8 Å². The summed E-state index contributed by atoms with van der Waals surface area (Å²) in [5.41, 5.74) is 0.535. The fourth-order valence-electron chi connectivity index (χ4n) is 4.00. The molecule has 1 aromatic rings. The Morgan fingerprint density at radius 1 is 1.41 bits per heavy atom. The van der Waals surface area contributed by atoms with Crippen molar-refractivity contribution >= 4 is 30.0 Å². The van der Waals surface area contributed by atoms with Crippen LogP contribution in [0.25, 0.3) is 0 Å². The lowest BCUT2D eigenvalue weighted by molar-refractivity contribution is -0.219. The van der Waals surface area contributed by atoms with E-state index >= 15 is 0 Å². The molecule has 0 radical (unpaired) electrons. The minimum Gasteiger partial charge on any atom is -0.469 e. The zero-order chi connectivity index (χ0) is 14.7. The number of nitrogens with zero attached hydrogens (tertiary/aromatic N) is 3. The molecule has 1 saturated heterocycles. The number of aromatic nitrogens is 2. The van der Waals surface area contributed by atoms with Crippen LogP contribution in [-0.4, -0.2) is 48.4 Å². The van der Waals surface area contributed by atoms with Crippen molar-refractivity contribution in [3.8, 4) is 0 Å². The largest absolute Gasteiger partial charge is 0.469 e. The highest BCUT2D eigenvalue weighted by Crippen LogP contribution is 2.71. The molecule has 1 aromatic heterocycles. The second-order valence-electron chi connectivity index (χ2n) is 6.39. The highest BCUT2D eigenvalue weighted by atomic mass is 35.5. The van der Waals surface area contributed by atoms with Crippen LogP contribution in [0.3, 0.4) is 0 Å². The van der Waals surface area contributed by atoms with Gasteiger partial charge in [-0.25, -0.2) is 0 Å². The molecule has 4 aliphatic rings. The molecule has 120 valence electrons. The van der Waals surface area contributed by atoms with Crippen molar-refractivity contribution < 1.29 is 14.3 Å². The number of nitrogens with one attached hydrogen (secondary N) is 1. The van der Waals surface area contributed by atoms with E-state index in [1.54, 1.807) is 11.1 Å². The van der Waals surface area contributed by atoms with Crippen LogP contribution in [0.1, 0.15) is 19.3 Å². The topological polar surface area (TPSA) is 76.5 Å². The number of methoxy groups -OCH3 is 1. The number of amides is 1. The molecule has 4 fully saturated rings. The maximum atomic E-state index is 11.9. The Morgan fingerprint density at radius 2 is 2.14 bits per heavy atom. The fourth-order valence-corrected chi connectivity index (χ4v) is 4.00. The predicted molar refractivity (Wildman–Crippen MR) is 81.0 cm³/mol. The van der Waals surface area contributed by atoms with Crippen molar-refractivity contribution in [3.05, 3.63) is 12.4 Å². The number of esters is 1. The number of halogens is 1. The van der Waals surface area contributed by atoms with Crippen molar-refractivity contribution in [3.63, 3.8) is 0 Å². The normalized spacial score (nSPS) is 32.6. The van der Waals surface area contributed by atoms with Crippen LogP contribution in [0, 0.1) is 5.41 Å². The van der Waals surface area contributed by atoms with Gasteiger partial charge < -0.3 is 15.0 Å². The van der Waals surface area contributed by atoms with Gasteiger partial charge in [0.05, 0.1) is 36.5 Å². The molecule has 1 N–H and O–H groups in total. The van der Waals surface area contributed by atoms with Gasteiger partial charge in [0.1, 0.15) is 0 Å². The van der Waals surface area contributed by atoms with E-state index in [1.165, 1.54) is 7.11 Å². The van der Waals surface area contributed by atoms with Crippen LogP contribution in [-0.2, 0) is 19.9 Å². The highest BCUT2D eigenvalue weighted by molar-refractivity contribution is 5.95. The number of ether oxygens (including phenoxy) is 1. The molecule has 7 nitrogen and oxygen atoms in total. The van der Waals surface area contributed by atoms with E-state index in [9.17, 15) is 9.59 Å². The molecule has 0 unspecified atom stereocenters. The van der Waals surface area contributed by atoms with Gasteiger partial charge >= 0.3 is 5.97 Å². The van der Waals surface area contributed by atoms with Gasteiger partial charge in [0, 0.05) is 19.3 Å². The molecular weight excluding hydrogens is 308 g/mol. The maximum absolute atomic E-state index is 11.9. The van der Waals surface area contributed by atoms with Gasteiger partial charge in [-0.2, -0.15) is 5.10 Å². The molecule has 1 aliphatic heterocycles. The van der Waals surface area contributed by atoms with Crippen LogP contribution < -0.4 is 10.2 Å². The Balaban J connectivity index is 0.00000144. The first kappa shape index (κ1) is 15.3. The third-order valence-corrected chi connectivity index (χ3v) is 5.08. The SMILES string of the molecule is COC(=O)C12CC(n3cc(N4CCNCC4=O)cn3)(C1)C2.Cl. The Labute approximate surface area is 134 Å². The van der Waals surface area contributed by atoms with Crippen LogP contribution in [0.2, 0.25) is 0 Å². The van der Waals surface area contributed by atoms with Gasteiger partial charge in [-0.1, -0.05) is 0 Å². The smallest absolute Gasteiger partial charge is 0.312 e. The Morgan fingerprint density at radius 3 is 2.77 bits per heavy atom. The van der Waals surface area contributed by atoms with Gasteiger partial charge in [0.15, 0.2) is 0 Å². The van der Waals surface area contributed by atoms with E-state index in [0.717, 1.165) is 31.5 Å². The quantitative estimate of drug-likeness (QED) is 0.808. The Bertz CT molecular complexity index is 610. The van der Waals surface area contributed by atoms with Crippen molar-refractivity contribution in [1.82, 2.24) is 15.1 Å². The minimum atomic E-state index is -0.272. The molecule has 22 heavy (non-hydrogen) atoms. The van der Waals surface area contributed by atoms with Gasteiger partial charge in [-0.05, 0) is 19.3 Å². The average Bonchev–Trinajstić information content (AvgIpc) is 2.85. The van der Waals surface area contributed by atoms with Gasteiger partial charge in [-0.3, -0.25) is 14.3 Å². The summed E-state index contributed by atoms with van der Waals surface area (Å²) in [5, 5.41) is 7.48. The van der Waals surface area contributed by atoms with Crippen LogP contribution in [0.4, 0.5) is 5.69 Å². The summed E-state index contributed by atoms with van der Waals surface area (Å²) in [4.78, 5) is 25.4. The zero-order valence-electron chi connectivity index (χ0n) is 12.4. The first-order valence-corrected chi connectivity index (χ1v) is 7.23. The second-order valence-corrected chi connectivity index (χ2v) is 6.39. The van der Waals surface area contributed by atoms with E-state index < -0.39 is 0 Å². The number of anilines is 1. The molecule has 1 amide bonds. The molecule has 0 spiro atoms. The number of carbonyl (C=O) groups is 2. The Kier molecular flexibility index (Phi) is 3.45. The van der Waals surface area contributed by atoms with E-state index in [-0.39, 0.29) is 35.2 Å². The van der Waals surface area contributed by atoms with Gasteiger partial charge in [0.2, 0.25) is 5.91 Å². The summed E-state index contributed by atoms with van der Waals surface area (Å²) in [6.07, 6.45) is 6.06. The zero-order valence-corrected chi connectivity index (χ0v) is 13.2. The Hall–Kier alpha value is -1.60. The molecule has 0 atom stereocenters. The number of piperazine rings is 1. The summed E-state index contributed by atoms with van der Waals surface area (Å²) in [5.74, 6) is -0.0292. The third-order valence-electron chi connectivity index (χ3n) is 5.08. The number of carbonyl (C=O) groups excluding carboxylic acids is 2. The van der Waals surface area contributed by atoms with Crippen molar-refractivity contribution in [1.29, 1.82) is 0 Å². The lowest BCUT2D eigenvalue weighted by Gasteiger charge is -2.67. The number of hydrogen-bond donors (Lipinski definition) is 1. The molecule has 5 rings (SSSR count). The fraction of sp³-hybridized carbons (Fsp3) is 0.643. The third kappa shape index (κ3) is 1.88. The predicted octanol–water partition coefficient (Wildman–Crippen LogP) is 0.293. The van der Waals surface area contributed by atoms with E-state index in [2.05, 4.69) is 10.4 Å². The standard InChI is InChI=1S/C14H18N4O3.ClH/c1-21-12(20)13-7-14(8-13,9-13)18-6-10(4-16-18)17-3-2-15-5-11(17)19;/h4,6,15H,2-3,5,7-9H2,1H3;1H. The van der Waals surface area contributed by atoms with E-state index in [0.29, 0.717) is 13.1 Å². The van der Waals surface area contributed by atoms with Crippen LogP contribution >= 0.6 is 12.4 Å². The summed E-state index contributed by atoms with van der Waals surface area (Å²) >= 11 is 0. The molecule has 3 saturated carbocycles. The lowest BCUT2D eigenvalue weighted by Crippen LogP contribution is -2.71. The van der Waals surface area contributed by atoms with E-state index in [1.807, 2.05) is 10.9 Å². The van der Waals surface area contributed by atoms with Crippen LogP contribution in [0.5, 0.6) is 0 Å². The van der Waals surface area contributed by atoms with Gasteiger partial charge in [0.25, 0.3) is 0 Å². The monoisotopic (exact) mass is 326 g/mol. The van der Waals surface area contributed by atoms with Gasteiger partial charge in [-0.15, -0.1) is 12.4 Å². The van der Waals surface area contributed by atoms with E-state index in [4.69, 9.17) is 4.74 Å². The van der Waals surface area contributed by atoms with Crippen molar-refractivity contribution in [2.24, 2.45) is 5.41 Å². The maximum Gasteiger partial charge on any atom is 0.312 e. The molecular formula is C14H19ClN4O3. The first-order chi connectivity index (χ1) is 10.1. The first-order valence-electron chi connectivity index (χ1n) is 7.23. The molecule has 2 bridgehead atoms. The number of rotatable bonds is 3.